The van der Waals surface area contributed by atoms with E-state index in [0.717, 1.165) is 5.69 Å². The minimum absolute atomic E-state index is 0.173. The number of rotatable bonds is 7. The number of H-pyrrole nitrogens is 1. The van der Waals surface area contributed by atoms with E-state index in [4.69, 9.17) is 4.74 Å². The lowest BCUT2D eigenvalue weighted by molar-refractivity contribution is -0.128. The molecule has 2 rings (SSSR count). The van der Waals surface area contributed by atoms with Crippen molar-refractivity contribution in [1.29, 1.82) is 0 Å². The van der Waals surface area contributed by atoms with E-state index in [1.165, 1.54) is 25.1 Å². The number of halogens is 1. The number of hydrogen-bond acceptors (Lipinski definition) is 4. The molecule has 2 aromatic heterocycles. The second kappa shape index (κ2) is 7.53. The molecular weight excluding hydrogens is 311 g/mol. The van der Waals surface area contributed by atoms with Gasteiger partial charge in [0.25, 0.3) is 0 Å². The predicted octanol–water partition coefficient (Wildman–Crippen LogP) is 2.80. The minimum Gasteiger partial charge on any atom is -0.379 e. The van der Waals surface area contributed by atoms with Crippen LogP contribution in [0.4, 0.5) is 4.39 Å². The maximum absolute atomic E-state index is 14.0. The van der Waals surface area contributed by atoms with Crippen molar-refractivity contribution in [2.45, 2.75) is 33.7 Å². The Morgan fingerprint density at radius 2 is 2.21 bits per heavy atom. The summed E-state index contributed by atoms with van der Waals surface area (Å²) in [6.07, 6.45) is 1.91. The van der Waals surface area contributed by atoms with Crippen molar-refractivity contribution in [3.8, 4) is 0 Å². The third kappa shape index (κ3) is 3.97. The summed E-state index contributed by atoms with van der Waals surface area (Å²) in [6.45, 7) is 9.83. The molecule has 7 heteroatoms. The number of imidazole rings is 1. The first kappa shape index (κ1) is 18.1. The zero-order valence-electron chi connectivity index (χ0n) is 14.5. The van der Waals surface area contributed by atoms with Crippen LogP contribution in [0.2, 0.25) is 0 Å². The number of amides is 1. The fourth-order valence-corrected chi connectivity index (χ4v) is 2.52. The smallest absolute Gasteiger partial charge is 0.224 e. The van der Waals surface area contributed by atoms with Gasteiger partial charge < -0.3 is 14.6 Å². The van der Waals surface area contributed by atoms with Crippen molar-refractivity contribution in [3.05, 3.63) is 35.8 Å². The van der Waals surface area contributed by atoms with Crippen molar-refractivity contribution >= 4 is 16.9 Å². The Balaban J connectivity index is 2.37. The molecule has 1 N–H and O–H groups in total. The van der Waals surface area contributed by atoms with Gasteiger partial charge in [0.15, 0.2) is 5.82 Å². The van der Waals surface area contributed by atoms with Gasteiger partial charge in [-0.05, 0) is 12.3 Å². The largest absolute Gasteiger partial charge is 0.379 e. The second-order valence-electron chi connectivity index (χ2n) is 6.16. The minimum atomic E-state index is -0.481. The molecule has 0 bridgehead atoms. The zero-order chi connectivity index (χ0) is 17.9. The summed E-state index contributed by atoms with van der Waals surface area (Å²) in [5.74, 6) is 0.200. The lowest BCUT2D eigenvalue weighted by atomic mass is 10.1. The first-order chi connectivity index (χ1) is 11.3. The average Bonchev–Trinajstić information content (AvgIpc) is 2.92. The van der Waals surface area contributed by atoms with Crippen LogP contribution in [-0.2, 0) is 22.5 Å². The molecule has 2 aromatic rings. The predicted molar refractivity (Wildman–Crippen MR) is 89.6 cm³/mol. The van der Waals surface area contributed by atoms with E-state index in [1.807, 2.05) is 0 Å². The number of hydrogen-bond donors (Lipinski definition) is 1. The highest BCUT2D eigenvalue weighted by Crippen LogP contribution is 2.21. The summed E-state index contributed by atoms with van der Waals surface area (Å²) in [6, 6.07) is 0. The number of pyridine rings is 1. The van der Waals surface area contributed by atoms with E-state index < -0.39 is 5.82 Å². The summed E-state index contributed by atoms with van der Waals surface area (Å²) < 4.78 is 19.0. The summed E-state index contributed by atoms with van der Waals surface area (Å²) in [7, 11) is 1.53. The number of aromatic nitrogens is 3. The average molecular weight is 334 g/mol. The summed E-state index contributed by atoms with van der Waals surface area (Å²) in [5, 5.41) is 0. The summed E-state index contributed by atoms with van der Waals surface area (Å²) in [5.41, 5.74) is 2.12. The fraction of sp³-hybridized carbons (Fsp3) is 0.471. The standard InChI is InChI=1S/C17H23FN4O2/c1-10(2)6-14-17-16(13(18)7-19-14)20-15(21-17)8-22(12(4)23)11(3)9-24-5/h7,10H,3,6,8-9H2,1-2,4-5H3,(H,20,21). The Kier molecular flexibility index (Phi) is 5.66. The van der Waals surface area contributed by atoms with Crippen molar-refractivity contribution in [2.24, 2.45) is 5.92 Å². The van der Waals surface area contributed by atoms with Gasteiger partial charge >= 0.3 is 0 Å². The Labute approximate surface area is 140 Å². The molecule has 6 nitrogen and oxygen atoms in total. The van der Waals surface area contributed by atoms with Crippen LogP contribution in [-0.4, -0.2) is 39.5 Å². The number of fused-ring (bicyclic) bond motifs is 1. The third-order valence-electron chi connectivity index (χ3n) is 3.58. The Hall–Kier alpha value is -2.28. The molecule has 0 fully saturated rings. The SMILES string of the molecule is C=C(COC)N(Cc1nc2c(F)cnc(CC(C)C)c2[nH]1)C(C)=O. The van der Waals surface area contributed by atoms with Crippen molar-refractivity contribution in [2.75, 3.05) is 13.7 Å². The van der Waals surface area contributed by atoms with Crippen LogP contribution in [0.15, 0.2) is 18.5 Å². The van der Waals surface area contributed by atoms with Crippen LogP contribution in [0, 0.1) is 11.7 Å². The van der Waals surface area contributed by atoms with E-state index >= 15 is 0 Å². The number of carbonyl (C=O) groups is 1. The van der Waals surface area contributed by atoms with Crippen molar-refractivity contribution < 1.29 is 13.9 Å². The van der Waals surface area contributed by atoms with Gasteiger partial charge in [0, 0.05) is 19.7 Å². The number of nitrogens with zero attached hydrogens (tertiary/aromatic N) is 3. The lowest BCUT2D eigenvalue weighted by Gasteiger charge is -2.21. The van der Waals surface area contributed by atoms with Gasteiger partial charge in [0.1, 0.15) is 11.3 Å². The molecule has 2 heterocycles. The Bertz CT molecular complexity index is 754. The summed E-state index contributed by atoms with van der Waals surface area (Å²) >= 11 is 0. The normalized spacial score (nSPS) is 11.2. The number of methoxy groups -OCH3 is 1. The molecule has 0 aliphatic rings. The van der Waals surface area contributed by atoms with Crippen LogP contribution in [0.5, 0.6) is 0 Å². The number of ether oxygens (including phenoxy) is 1. The highest BCUT2D eigenvalue weighted by molar-refractivity contribution is 5.78. The third-order valence-corrected chi connectivity index (χ3v) is 3.58. The zero-order valence-corrected chi connectivity index (χ0v) is 14.5. The molecule has 0 aromatic carbocycles. The summed E-state index contributed by atoms with van der Waals surface area (Å²) in [4.78, 5) is 24.9. The van der Waals surface area contributed by atoms with Gasteiger partial charge in [0.2, 0.25) is 5.91 Å². The van der Waals surface area contributed by atoms with E-state index in [2.05, 4.69) is 35.4 Å². The van der Waals surface area contributed by atoms with Crippen LogP contribution in [0.3, 0.4) is 0 Å². The Morgan fingerprint density at radius 1 is 1.50 bits per heavy atom. The number of aromatic amines is 1. The van der Waals surface area contributed by atoms with Crippen LogP contribution < -0.4 is 0 Å². The van der Waals surface area contributed by atoms with Crippen molar-refractivity contribution in [3.63, 3.8) is 0 Å². The van der Waals surface area contributed by atoms with E-state index in [-0.39, 0.29) is 24.6 Å². The quantitative estimate of drug-likeness (QED) is 0.845. The molecule has 0 saturated carbocycles. The first-order valence-corrected chi connectivity index (χ1v) is 7.80. The van der Waals surface area contributed by atoms with Crippen LogP contribution in [0.1, 0.15) is 32.3 Å². The molecule has 1 amide bonds. The molecule has 0 spiro atoms. The fourth-order valence-electron chi connectivity index (χ4n) is 2.52. The van der Waals surface area contributed by atoms with Gasteiger partial charge in [-0.2, -0.15) is 0 Å². The molecule has 24 heavy (non-hydrogen) atoms. The molecule has 0 unspecified atom stereocenters. The molecular formula is C17H23FN4O2. The van der Waals surface area contributed by atoms with Gasteiger partial charge in [-0.1, -0.05) is 20.4 Å². The van der Waals surface area contributed by atoms with Crippen LogP contribution >= 0.6 is 0 Å². The van der Waals surface area contributed by atoms with E-state index in [9.17, 15) is 9.18 Å². The van der Waals surface area contributed by atoms with Gasteiger partial charge in [-0.15, -0.1) is 0 Å². The molecule has 0 radical (unpaired) electrons. The van der Waals surface area contributed by atoms with Crippen molar-refractivity contribution in [1.82, 2.24) is 19.9 Å². The molecule has 0 atom stereocenters. The van der Waals surface area contributed by atoms with Gasteiger partial charge in [-0.3, -0.25) is 9.78 Å². The van der Waals surface area contributed by atoms with Crippen LogP contribution in [0.25, 0.3) is 11.0 Å². The maximum atomic E-state index is 14.0. The Morgan fingerprint density at radius 3 is 2.79 bits per heavy atom. The topological polar surface area (TPSA) is 71.1 Å². The lowest BCUT2D eigenvalue weighted by Crippen LogP contribution is -2.29. The molecule has 130 valence electrons. The molecule has 0 aliphatic carbocycles. The van der Waals surface area contributed by atoms with Gasteiger partial charge in [0.05, 0.1) is 30.6 Å². The van der Waals surface area contributed by atoms with Gasteiger partial charge in [-0.25, -0.2) is 9.37 Å². The molecule has 0 aliphatic heterocycles. The highest BCUT2D eigenvalue weighted by Gasteiger charge is 2.18. The van der Waals surface area contributed by atoms with E-state index in [1.54, 1.807) is 0 Å². The molecule has 0 saturated heterocycles. The monoisotopic (exact) mass is 334 g/mol. The first-order valence-electron chi connectivity index (χ1n) is 7.80. The highest BCUT2D eigenvalue weighted by atomic mass is 19.1. The maximum Gasteiger partial charge on any atom is 0.224 e. The number of carbonyl (C=O) groups excluding carboxylic acids is 1. The van der Waals surface area contributed by atoms with E-state index in [0.29, 0.717) is 29.4 Å². The second-order valence-corrected chi connectivity index (χ2v) is 6.16. The number of nitrogens with one attached hydrogen (secondary N) is 1.